The molecule has 2 aromatic rings. The highest BCUT2D eigenvalue weighted by molar-refractivity contribution is 7.89. The van der Waals surface area contributed by atoms with Crippen LogP contribution in [0.4, 0.5) is 5.69 Å². The summed E-state index contributed by atoms with van der Waals surface area (Å²) in [5, 5.41) is 8.13. The molecule has 0 radical (unpaired) electrons. The van der Waals surface area contributed by atoms with Gasteiger partial charge in [0.2, 0.25) is 10.0 Å². The van der Waals surface area contributed by atoms with Gasteiger partial charge in [0.25, 0.3) is 0 Å². The molecule has 7 nitrogen and oxygen atoms in total. The van der Waals surface area contributed by atoms with Crippen molar-refractivity contribution in [3.63, 3.8) is 0 Å². The summed E-state index contributed by atoms with van der Waals surface area (Å²) in [7, 11) is -2.24. The lowest BCUT2D eigenvalue weighted by atomic mass is 10.3. The largest absolute Gasteiger partial charge is 0.495 e. The normalized spacial score (nSPS) is 11.3. The van der Waals surface area contributed by atoms with Gasteiger partial charge in [0, 0.05) is 12.4 Å². The Kier molecular flexibility index (Phi) is 3.72. The molecule has 1 heterocycles. The van der Waals surface area contributed by atoms with E-state index >= 15 is 0 Å². The number of hydrogen-bond acceptors (Lipinski definition) is 5. The Bertz CT molecular complexity index is 653. The van der Waals surface area contributed by atoms with Gasteiger partial charge < -0.3 is 15.0 Å². The predicted molar refractivity (Wildman–Crippen MR) is 70.3 cm³/mol. The molecule has 0 bridgehead atoms. The van der Waals surface area contributed by atoms with Gasteiger partial charge in [-0.3, -0.25) is 0 Å². The van der Waals surface area contributed by atoms with Gasteiger partial charge in [-0.2, -0.15) is 0 Å². The average Bonchev–Trinajstić information content (AvgIpc) is 2.88. The van der Waals surface area contributed by atoms with Crippen LogP contribution >= 0.6 is 0 Å². The maximum atomic E-state index is 11.3. The number of aromatic amines is 1. The first-order chi connectivity index (χ1) is 9.00. The summed E-state index contributed by atoms with van der Waals surface area (Å²) < 4.78 is 27.8. The van der Waals surface area contributed by atoms with E-state index in [4.69, 9.17) is 9.88 Å². The van der Waals surface area contributed by atoms with E-state index < -0.39 is 10.0 Å². The van der Waals surface area contributed by atoms with E-state index in [1.807, 2.05) is 0 Å². The van der Waals surface area contributed by atoms with Gasteiger partial charge in [0.15, 0.2) is 0 Å². The number of H-pyrrole nitrogens is 1. The number of aromatic nitrogens is 2. The summed E-state index contributed by atoms with van der Waals surface area (Å²) in [6, 6.07) is 4.37. The zero-order chi connectivity index (χ0) is 13.9. The molecule has 8 heteroatoms. The van der Waals surface area contributed by atoms with E-state index in [0.29, 0.717) is 18.0 Å². The monoisotopic (exact) mass is 282 g/mol. The average molecular weight is 282 g/mol. The second-order valence-electron chi connectivity index (χ2n) is 3.80. The van der Waals surface area contributed by atoms with Crippen LogP contribution in [0.1, 0.15) is 5.82 Å². The lowest BCUT2D eigenvalue weighted by Gasteiger charge is -2.11. The highest BCUT2D eigenvalue weighted by atomic mass is 32.2. The van der Waals surface area contributed by atoms with Crippen LogP contribution in [0, 0.1) is 0 Å². The van der Waals surface area contributed by atoms with Crippen LogP contribution in [0.15, 0.2) is 35.5 Å². The zero-order valence-corrected chi connectivity index (χ0v) is 11.1. The molecule has 4 N–H and O–H groups in total. The van der Waals surface area contributed by atoms with Gasteiger partial charge in [-0.15, -0.1) is 0 Å². The molecular formula is C11H14N4O3S. The van der Waals surface area contributed by atoms with E-state index in [9.17, 15) is 8.42 Å². The Morgan fingerprint density at radius 2 is 2.26 bits per heavy atom. The maximum absolute atomic E-state index is 11.3. The van der Waals surface area contributed by atoms with Crippen molar-refractivity contribution in [2.24, 2.45) is 5.14 Å². The predicted octanol–water partition coefficient (Wildman–Crippen LogP) is 0.678. The molecule has 102 valence electrons. The Balaban J connectivity index is 2.26. The number of anilines is 1. The second kappa shape index (κ2) is 5.29. The fourth-order valence-corrected chi connectivity index (χ4v) is 2.12. The summed E-state index contributed by atoms with van der Waals surface area (Å²) in [4.78, 5) is 7.01. The molecule has 0 aliphatic rings. The van der Waals surface area contributed by atoms with Crippen molar-refractivity contribution in [2.75, 3.05) is 12.4 Å². The fraction of sp³-hybridized carbons (Fsp3) is 0.182. The summed E-state index contributed by atoms with van der Waals surface area (Å²) in [5.41, 5.74) is 0.533. The SMILES string of the molecule is COc1ccc(S(N)(=O)=O)cc1NCc1ncc[nH]1. The highest BCUT2D eigenvalue weighted by Gasteiger charge is 2.12. The third-order valence-electron chi connectivity index (χ3n) is 2.50. The summed E-state index contributed by atoms with van der Waals surface area (Å²) in [6.07, 6.45) is 3.34. The standard InChI is InChI=1S/C11H14N4O3S/c1-18-10-3-2-8(19(12,16)17)6-9(10)15-7-11-13-4-5-14-11/h2-6,15H,7H2,1H3,(H,13,14)(H2,12,16,17). The Hall–Kier alpha value is -2.06. The maximum Gasteiger partial charge on any atom is 0.238 e. The van der Waals surface area contributed by atoms with E-state index in [2.05, 4.69) is 15.3 Å². The molecule has 2 rings (SSSR count). The van der Waals surface area contributed by atoms with Crippen molar-refractivity contribution >= 4 is 15.7 Å². The van der Waals surface area contributed by atoms with Crippen molar-refractivity contribution in [1.29, 1.82) is 0 Å². The van der Waals surface area contributed by atoms with Crippen LogP contribution < -0.4 is 15.2 Å². The molecule has 0 aliphatic carbocycles. The van der Waals surface area contributed by atoms with Crippen LogP contribution in [0.5, 0.6) is 5.75 Å². The van der Waals surface area contributed by atoms with Gasteiger partial charge in [-0.25, -0.2) is 18.5 Å². The molecule has 0 aliphatic heterocycles. The van der Waals surface area contributed by atoms with Crippen LogP contribution in [0.25, 0.3) is 0 Å². The molecule has 0 spiro atoms. The van der Waals surface area contributed by atoms with Gasteiger partial charge in [-0.1, -0.05) is 0 Å². The number of primary sulfonamides is 1. The molecular weight excluding hydrogens is 268 g/mol. The first-order valence-electron chi connectivity index (χ1n) is 5.43. The molecule has 0 atom stereocenters. The number of imidazole rings is 1. The van der Waals surface area contributed by atoms with Crippen molar-refractivity contribution in [3.8, 4) is 5.75 Å². The number of nitrogens with one attached hydrogen (secondary N) is 2. The minimum Gasteiger partial charge on any atom is -0.495 e. The molecule has 19 heavy (non-hydrogen) atoms. The van der Waals surface area contributed by atoms with E-state index in [-0.39, 0.29) is 4.90 Å². The third kappa shape index (κ3) is 3.24. The van der Waals surface area contributed by atoms with Crippen LogP contribution in [0.3, 0.4) is 0 Å². The number of nitrogens with zero attached hydrogens (tertiary/aromatic N) is 1. The first-order valence-corrected chi connectivity index (χ1v) is 6.98. The topological polar surface area (TPSA) is 110 Å². The van der Waals surface area contributed by atoms with Crippen LogP contribution in [-0.2, 0) is 16.6 Å². The summed E-state index contributed by atoms with van der Waals surface area (Å²) in [6.45, 7) is 0.414. The van der Waals surface area contributed by atoms with Crippen molar-refractivity contribution in [1.82, 2.24) is 9.97 Å². The van der Waals surface area contributed by atoms with Gasteiger partial charge >= 0.3 is 0 Å². The minimum atomic E-state index is -3.74. The molecule has 0 fully saturated rings. The van der Waals surface area contributed by atoms with Crippen molar-refractivity contribution in [2.45, 2.75) is 11.4 Å². The lowest BCUT2D eigenvalue weighted by Crippen LogP contribution is -2.13. The molecule has 1 aromatic carbocycles. The zero-order valence-electron chi connectivity index (χ0n) is 10.3. The van der Waals surface area contributed by atoms with Gasteiger partial charge in [0.1, 0.15) is 11.6 Å². The number of sulfonamides is 1. The van der Waals surface area contributed by atoms with E-state index in [0.717, 1.165) is 5.82 Å². The molecule has 0 unspecified atom stereocenters. The molecule has 1 aromatic heterocycles. The number of nitrogens with two attached hydrogens (primary N) is 1. The Morgan fingerprint density at radius 1 is 1.47 bits per heavy atom. The minimum absolute atomic E-state index is 0.0234. The lowest BCUT2D eigenvalue weighted by molar-refractivity contribution is 0.416. The number of hydrogen-bond donors (Lipinski definition) is 3. The highest BCUT2D eigenvalue weighted by Crippen LogP contribution is 2.27. The van der Waals surface area contributed by atoms with E-state index in [1.165, 1.54) is 19.2 Å². The quantitative estimate of drug-likeness (QED) is 0.747. The van der Waals surface area contributed by atoms with Crippen LogP contribution in [0.2, 0.25) is 0 Å². The summed E-state index contributed by atoms with van der Waals surface area (Å²) in [5.74, 6) is 1.25. The van der Waals surface area contributed by atoms with E-state index in [1.54, 1.807) is 18.5 Å². The Labute approximate surface area is 110 Å². The van der Waals surface area contributed by atoms with Crippen molar-refractivity contribution < 1.29 is 13.2 Å². The smallest absolute Gasteiger partial charge is 0.238 e. The fourth-order valence-electron chi connectivity index (χ4n) is 1.58. The second-order valence-corrected chi connectivity index (χ2v) is 5.36. The molecule has 0 saturated carbocycles. The number of rotatable bonds is 5. The number of benzene rings is 1. The van der Waals surface area contributed by atoms with Gasteiger partial charge in [0.05, 0.1) is 24.2 Å². The van der Waals surface area contributed by atoms with Crippen LogP contribution in [-0.4, -0.2) is 25.5 Å². The summed E-state index contributed by atoms with van der Waals surface area (Å²) >= 11 is 0. The molecule has 0 amide bonds. The number of ether oxygens (including phenoxy) is 1. The Morgan fingerprint density at radius 3 is 2.84 bits per heavy atom. The first kappa shape index (κ1) is 13.4. The molecule has 0 saturated heterocycles. The number of methoxy groups -OCH3 is 1. The van der Waals surface area contributed by atoms with Crippen molar-refractivity contribution in [3.05, 3.63) is 36.4 Å². The third-order valence-corrected chi connectivity index (χ3v) is 3.41. The van der Waals surface area contributed by atoms with Gasteiger partial charge in [-0.05, 0) is 18.2 Å².